The Labute approximate surface area is 208 Å². The molecule has 1 aliphatic rings. The van der Waals surface area contributed by atoms with E-state index in [2.05, 4.69) is 4.99 Å². The molecule has 8 nitrogen and oxygen atoms in total. The molecule has 1 saturated heterocycles. The molecule has 1 aliphatic heterocycles. The highest BCUT2D eigenvalue weighted by Crippen LogP contribution is 2.25. The van der Waals surface area contributed by atoms with Crippen molar-refractivity contribution in [2.24, 2.45) is 4.99 Å². The molecule has 10 heteroatoms. The maximum Gasteiger partial charge on any atom is 0.326 e. The molecule has 2 aromatic carbocycles. The van der Waals surface area contributed by atoms with Crippen LogP contribution in [-0.2, 0) is 26.1 Å². The van der Waals surface area contributed by atoms with Gasteiger partial charge in [0.2, 0.25) is 10.0 Å². The summed E-state index contributed by atoms with van der Waals surface area (Å²) in [6, 6.07) is 11.6. The largest absolute Gasteiger partial charge is 0.465 e. The first-order valence-corrected chi connectivity index (χ1v) is 13.9. The van der Waals surface area contributed by atoms with Gasteiger partial charge in [0.25, 0.3) is 5.91 Å². The molecule has 1 amide bonds. The third-order valence-corrected chi connectivity index (χ3v) is 9.21. The number of carbonyl (C=O) groups is 2. The minimum absolute atomic E-state index is 0.0451. The van der Waals surface area contributed by atoms with Gasteiger partial charge in [0.15, 0.2) is 4.80 Å². The number of para-hydroxylation sites is 1. The number of benzene rings is 2. The van der Waals surface area contributed by atoms with Crippen LogP contribution in [0.2, 0.25) is 0 Å². The maximum atomic E-state index is 13.1. The molecule has 0 saturated carbocycles. The van der Waals surface area contributed by atoms with Crippen molar-refractivity contribution in [2.45, 2.75) is 57.5 Å². The third kappa shape index (κ3) is 5.24. The topological polar surface area (TPSA) is 98.0 Å². The first-order chi connectivity index (χ1) is 16.7. The van der Waals surface area contributed by atoms with E-state index in [1.165, 1.54) is 39.9 Å². The molecule has 1 unspecified atom stereocenters. The summed E-state index contributed by atoms with van der Waals surface area (Å²) >= 11 is 1.31. The molecule has 2 heterocycles. The number of aryl methyl sites for hydroxylation is 1. The van der Waals surface area contributed by atoms with Gasteiger partial charge in [-0.15, -0.1) is 0 Å². The van der Waals surface area contributed by atoms with E-state index in [0.29, 0.717) is 11.3 Å². The van der Waals surface area contributed by atoms with Gasteiger partial charge in [0.1, 0.15) is 6.54 Å². The summed E-state index contributed by atoms with van der Waals surface area (Å²) in [7, 11) is -3.62. The van der Waals surface area contributed by atoms with Gasteiger partial charge >= 0.3 is 5.97 Å². The minimum atomic E-state index is -3.62. The van der Waals surface area contributed by atoms with Gasteiger partial charge in [0.05, 0.1) is 21.7 Å². The summed E-state index contributed by atoms with van der Waals surface area (Å²) in [5.41, 5.74) is 2.06. The van der Waals surface area contributed by atoms with E-state index < -0.39 is 21.9 Å². The molecule has 186 valence electrons. The Balaban J connectivity index is 1.67. The van der Waals surface area contributed by atoms with Gasteiger partial charge in [-0.1, -0.05) is 29.9 Å². The molecule has 0 N–H and O–H groups in total. The predicted molar refractivity (Wildman–Crippen MR) is 135 cm³/mol. The molecule has 1 aromatic heterocycles. The number of sulfonamides is 1. The lowest BCUT2D eigenvalue weighted by Gasteiger charge is -2.32. The van der Waals surface area contributed by atoms with Crippen LogP contribution >= 0.6 is 11.3 Å². The highest BCUT2D eigenvalue weighted by Gasteiger charge is 2.31. The Morgan fingerprint density at radius 3 is 2.57 bits per heavy atom. The second-order valence-corrected chi connectivity index (χ2v) is 11.5. The lowest BCUT2D eigenvalue weighted by Crippen LogP contribution is -2.41. The molecule has 0 aliphatic carbocycles. The summed E-state index contributed by atoms with van der Waals surface area (Å²) in [5.74, 6) is -0.923. The minimum Gasteiger partial charge on any atom is -0.465 e. The fourth-order valence-electron chi connectivity index (χ4n) is 4.36. The van der Waals surface area contributed by atoms with Crippen molar-refractivity contribution >= 4 is 43.5 Å². The molecule has 1 fully saturated rings. The predicted octanol–water partition coefficient (Wildman–Crippen LogP) is 3.88. The van der Waals surface area contributed by atoms with Crippen LogP contribution < -0.4 is 4.80 Å². The van der Waals surface area contributed by atoms with Crippen molar-refractivity contribution in [3.8, 4) is 0 Å². The average Bonchev–Trinajstić information content (AvgIpc) is 3.17. The molecular formula is C25H29N3O5S2. The fraction of sp³-hybridized carbons (Fsp3) is 0.400. The second-order valence-electron chi connectivity index (χ2n) is 8.60. The van der Waals surface area contributed by atoms with Crippen LogP contribution in [0, 0.1) is 6.92 Å². The van der Waals surface area contributed by atoms with Crippen LogP contribution in [0.5, 0.6) is 0 Å². The lowest BCUT2D eigenvalue weighted by molar-refractivity contribution is -0.143. The van der Waals surface area contributed by atoms with Gasteiger partial charge in [-0.05, 0) is 69.5 Å². The quantitative estimate of drug-likeness (QED) is 0.464. The number of thiazole rings is 1. The van der Waals surface area contributed by atoms with Crippen molar-refractivity contribution < 1.29 is 22.7 Å². The van der Waals surface area contributed by atoms with Crippen LogP contribution in [0.25, 0.3) is 10.2 Å². The maximum absolute atomic E-state index is 13.1. The van der Waals surface area contributed by atoms with E-state index in [-0.39, 0.29) is 29.7 Å². The van der Waals surface area contributed by atoms with Crippen molar-refractivity contribution in [3.05, 3.63) is 58.4 Å². The van der Waals surface area contributed by atoms with Gasteiger partial charge in [0, 0.05) is 18.2 Å². The molecule has 0 radical (unpaired) electrons. The fourth-order valence-corrected chi connectivity index (χ4v) is 7.17. The highest BCUT2D eigenvalue weighted by atomic mass is 32.2. The number of nitrogens with zero attached hydrogens (tertiary/aromatic N) is 3. The number of aromatic nitrogens is 1. The summed E-state index contributed by atoms with van der Waals surface area (Å²) in [4.78, 5) is 30.1. The summed E-state index contributed by atoms with van der Waals surface area (Å²) in [6.45, 7) is 6.30. The Kier molecular flexibility index (Phi) is 7.53. The van der Waals surface area contributed by atoms with Gasteiger partial charge < -0.3 is 9.30 Å². The normalized spacial score (nSPS) is 17.6. The molecule has 35 heavy (non-hydrogen) atoms. The third-order valence-electron chi connectivity index (χ3n) is 6.14. The number of esters is 1. The Morgan fingerprint density at radius 2 is 1.89 bits per heavy atom. The zero-order valence-electron chi connectivity index (χ0n) is 20.1. The zero-order valence-corrected chi connectivity index (χ0v) is 21.7. The second kappa shape index (κ2) is 10.4. The standard InChI is InChI=1S/C25H29N3O5S2/c1-4-33-22(29)16-27-23-17(2)8-7-10-21(23)34-25(27)26-24(30)19-11-13-20(14-12-19)35(31,32)28-15-6-5-9-18(28)3/h7-8,10-14,18H,4-6,9,15-16H2,1-3H3. The number of carbonyl (C=O) groups excluding carboxylic acids is 2. The number of ether oxygens (including phenoxy) is 1. The van der Waals surface area contributed by atoms with Crippen LogP contribution in [0.15, 0.2) is 52.4 Å². The number of rotatable bonds is 6. The Hall–Kier alpha value is -2.82. The van der Waals surface area contributed by atoms with Gasteiger partial charge in [-0.2, -0.15) is 9.30 Å². The van der Waals surface area contributed by atoms with Gasteiger partial charge in [-0.25, -0.2) is 8.42 Å². The average molecular weight is 516 g/mol. The summed E-state index contributed by atoms with van der Waals surface area (Å²) in [5, 5.41) is 0. The number of piperidine rings is 1. The Bertz CT molecular complexity index is 1420. The van der Waals surface area contributed by atoms with E-state index in [1.807, 2.05) is 32.0 Å². The lowest BCUT2D eigenvalue weighted by atomic mass is 10.1. The zero-order chi connectivity index (χ0) is 25.2. The van der Waals surface area contributed by atoms with E-state index >= 15 is 0 Å². The molecular weight excluding hydrogens is 486 g/mol. The van der Waals surface area contributed by atoms with Crippen molar-refractivity contribution in [2.75, 3.05) is 13.2 Å². The van der Waals surface area contributed by atoms with Crippen LogP contribution in [0.3, 0.4) is 0 Å². The number of hydrogen-bond acceptors (Lipinski definition) is 6. The van der Waals surface area contributed by atoms with E-state index in [9.17, 15) is 18.0 Å². The number of amides is 1. The van der Waals surface area contributed by atoms with Crippen molar-refractivity contribution in [1.82, 2.24) is 8.87 Å². The van der Waals surface area contributed by atoms with Crippen LogP contribution in [0.4, 0.5) is 0 Å². The molecule has 4 rings (SSSR count). The van der Waals surface area contributed by atoms with E-state index in [1.54, 1.807) is 11.5 Å². The highest BCUT2D eigenvalue weighted by molar-refractivity contribution is 7.89. The van der Waals surface area contributed by atoms with Gasteiger partial charge in [-0.3, -0.25) is 9.59 Å². The first-order valence-electron chi connectivity index (χ1n) is 11.7. The van der Waals surface area contributed by atoms with Crippen molar-refractivity contribution in [1.29, 1.82) is 0 Å². The molecule has 0 spiro atoms. The van der Waals surface area contributed by atoms with Crippen LogP contribution in [0.1, 0.15) is 49.0 Å². The molecule has 0 bridgehead atoms. The summed E-state index contributed by atoms with van der Waals surface area (Å²) in [6.07, 6.45) is 2.71. The SMILES string of the molecule is CCOC(=O)Cn1c(=NC(=O)c2ccc(S(=O)(=O)N3CCCCC3C)cc2)sc2cccc(C)c21. The molecule has 1 atom stereocenters. The van der Waals surface area contributed by atoms with E-state index in [4.69, 9.17) is 4.74 Å². The smallest absolute Gasteiger partial charge is 0.326 e. The number of fused-ring (bicyclic) bond motifs is 1. The van der Waals surface area contributed by atoms with Crippen molar-refractivity contribution in [3.63, 3.8) is 0 Å². The van der Waals surface area contributed by atoms with E-state index in [0.717, 1.165) is 35.0 Å². The monoisotopic (exact) mass is 515 g/mol. The molecule has 3 aromatic rings. The Morgan fingerprint density at radius 1 is 1.14 bits per heavy atom. The van der Waals surface area contributed by atoms with Crippen LogP contribution in [-0.4, -0.2) is 48.4 Å². The summed E-state index contributed by atoms with van der Waals surface area (Å²) < 4.78 is 35.4. The first kappa shape index (κ1) is 25.3. The number of hydrogen-bond donors (Lipinski definition) is 0.